The number of aromatic nitrogens is 1. The Hall–Kier alpha value is -5.32. The zero-order valence-corrected chi connectivity index (χ0v) is 27.1. The molecule has 2 heterocycles. The first-order valence-electron chi connectivity index (χ1n) is 14.6. The first kappa shape index (κ1) is 34.6. The molecule has 0 saturated carbocycles. The summed E-state index contributed by atoms with van der Waals surface area (Å²) >= 11 is 1.23. The fraction of sp³-hybridized carbons (Fsp3) is 0.265. The van der Waals surface area contributed by atoms with E-state index in [0.29, 0.717) is 33.9 Å². The van der Waals surface area contributed by atoms with Gasteiger partial charge in [0.1, 0.15) is 28.8 Å². The molecule has 0 atom stereocenters. The topological polar surface area (TPSA) is 152 Å². The molecular formula is C34H34FN5O6S. The van der Waals surface area contributed by atoms with Crippen molar-refractivity contribution < 1.29 is 33.0 Å². The molecule has 3 N–H and O–H groups in total. The highest BCUT2D eigenvalue weighted by atomic mass is 32.1. The van der Waals surface area contributed by atoms with E-state index in [1.807, 2.05) is 0 Å². The maximum atomic E-state index is 14.3. The van der Waals surface area contributed by atoms with Gasteiger partial charge in [-0.15, -0.1) is 11.3 Å². The minimum atomic E-state index is -0.663. The fourth-order valence-electron chi connectivity index (χ4n) is 4.29. The number of hydrogen-bond donors (Lipinski definition) is 3. The van der Waals surface area contributed by atoms with Crippen LogP contribution in [-0.2, 0) is 14.3 Å². The average Bonchev–Trinajstić information content (AvgIpc) is 3.56. The summed E-state index contributed by atoms with van der Waals surface area (Å²) in [6, 6.07) is 17.9. The lowest BCUT2D eigenvalue weighted by Gasteiger charge is -2.19. The lowest BCUT2D eigenvalue weighted by Crippen LogP contribution is -2.34. The van der Waals surface area contributed by atoms with Crippen molar-refractivity contribution in [1.82, 2.24) is 10.3 Å². The number of alkyl carbamates (subject to hydrolysis) is 1. The second kappa shape index (κ2) is 15.8. The highest BCUT2D eigenvalue weighted by molar-refractivity contribution is 7.12. The summed E-state index contributed by atoms with van der Waals surface area (Å²) in [5, 5.41) is 20.1. The molecule has 244 valence electrons. The van der Waals surface area contributed by atoms with Gasteiger partial charge < -0.3 is 30.2 Å². The van der Waals surface area contributed by atoms with Crippen LogP contribution in [0.15, 0.2) is 66.0 Å². The Morgan fingerprint density at radius 2 is 1.83 bits per heavy atom. The second-order valence-electron chi connectivity index (χ2n) is 11.0. The molecule has 0 aliphatic heterocycles. The maximum absolute atomic E-state index is 14.3. The summed E-state index contributed by atoms with van der Waals surface area (Å²) in [5.74, 6) is -1.22. The quantitative estimate of drug-likeness (QED) is 0.109. The predicted octanol–water partition coefficient (Wildman–Crippen LogP) is 6.97. The number of carbonyl (C=O) groups excluding carboxylic acids is 3. The molecule has 0 fully saturated rings. The zero-order chi connectivity index (χ0) is 34.0. The summed E-state index contributed by atoms with van der Waals surface area (Å²) in [6.45, 7) is 7.33. The third-order valence-corrected chi connectivity index (χ3v) is 7.18. The lowest BCUT2D eigenvalue weighted by atomic mass is 9.97. The van der Waals surface area contributed by atoms with Gasteiger partial charge in [-0.3, -0.25) is 9.59 Å². The number of ether oxygens (including phenoxy) is 3. The maximum Gasteiger partial charge on any atom is 0.407 e. The molecule has 0 saturated heterocycles. The average molecular weight is 660 g/mol. The molecule has 3 amide bonds. The van der Waals surface area contributed by atoms with E-state index in [1.54, 1.807) is 75.5 Å². The smallest absolute Gasteiger partial charge is 0.407 e. The van der Waals surface area contributed by atoms with Crippen molar-refractivity contribution in [2.24, 2.45) is 0 Å². The van der Waals surface area contributed by atoms with Crippen molar-refractivity contribution in [3.63, 3.8) is 0 Å². The molecule has 0 unspecified atom stereocenters. The Morgan fingerprint density at radius 1 is 1.02 bits per heavy atom. The molecule has 2 aromatic carbocycles. The van der Waals surface area contributed by atoms with E-state index in [1.165, 1.54) is 29.5 Å². The number of nitrogens with one attached hydrogen (secondary N) is 3. The van der Waals surface area contributed by atoms with Crippen LogP contribution in [0.4, 0.5) is 20.7 Å². The summed E-state index contributed by atoms with van der Waals surface area (Å²) in [4.78, 5) is 42.7. The molecule has 0 bridgehead atoms. The van der Waals surface area contributed by atoms with Crippen LogP contribution >= 0.6 is 11.3 Å². The van der Waals surface area contributed by atoms with Gasteiger partial charge in [-0.05, 0) is 75.0 Å². The molecule has 4 rings (SSSR count). The predicted molar refractivity (Wildman–Crippen MR) is 177 cm³/mol. The van der Waals surface area contributed by atoms with Gasteiger partial charge in [0.25, 0.3) is 5.91 Å². The van der Waals surface area contributed by atoms with Gasteiger partial charge in [-0.1, -0.05) is 18.2 Å². The van der Waals surface area contributed by atoms with Crippen LogP contribution < -0.4 is 20.7 Å². The van der Waals surface area contributed by atoms with Gasteiger partial charge in [-0.2, -0.15) is 5.26 Å². The lowest BCUT2D eigenvalue weighted by molar-refractivity contribution is -0.116. The van der Waals surface area contributed by atoms with Gasteiger partial charge >= 0.3 is 6.09 Å². The summed E-state index contributed by atoms with van der Waals surface area (Å²) in [7, 11) is 0. The normalized spacial score (nSPS) is 10.9. The first-order chi connectivity index (χ1) is 22.5. The number of carbonyl (C=O) groups is 3. The largest absolute Gasteiger partial charge is 0.467 e. The second-order valence-corrected chi connectivity index (χ2v) is 12.0. The third-order valence-electron chi connectivity index (χ3n) is 6.31. The van der Waals surface area contributed by atoms with Crippen molar-refractivity contribution in [1.29, 1.82) is 5.26 Å². The van der Waals surface area contributed by atoms with E-state index in [2.05, 4.69) is 27.0 Å². The molecule has 0 aliphatic rings. The SMILES string of the molecule is CCOCOc1cc(F)ccc1-c1cc(-c2cccc(NC(=O)CCNC(=O)OC(C)(C)C)c2)c(C#N)c(NC(=O)c2cccs2)n1. The van der Waals surface area contributed by atoms with Crippen LogP contribution in [0.25, 0.3) is 22.4 Å². The number of benzene rings is 2. The minimum absolute atomic E-state index is 0.0128. The molecule has 11 nitrogen and oxygen atoms in total. The van der Waals surface area contributed by atoms with Crippen LogP contribution in [0.2, 0.25) is 0 Å². The van der Waals surface area contributed by atoms with E-state index in [-0.39, 0.29) is 48.5 Å². The van der Waals surface area contributed by atoms with Crippen LogP contribution in [-0.4, -0.2) is 48.4 Å². The number of nitriles is 1. The molecule has 0 spiro atoms. The monoisotopic (exact) mass is 659 g/mol. The summed E-state index contributed by atoms with van der Waals surface area (Å²) in [5.41, 5.74) is 1.44. The van der Waals surface area contributed by atoms with Crippen molar-refractivity contribution in [3.05, 3.63) is 82.3 Å². The van der Waals surface area contributed by atoms with Gasteiger partial charge in [-0.25, -0.2) is 14.2 Å². The number of thiophene rings is 1. The molecule has 4 aromatic rings. The van der Waals surface area contributed by atoms with E-state index in [4.69, 9.17) is 14.2 Å². The van der Waals surface area contributed by atoms with E-state index in [0.717, 1.165) is 0 Å². The van der Waals surface area contributed by atoms with E-state index < -0.39 is 23.4 Å². The highest BCUT2D eigenvalue weighted by Crippen LogP contribution is 2.37. The van der Waals surface area contributed by atoms with Gasteiger partial charge in [0.05, 0.1) is 10.6 Å². The number of rotatable bonds is 12. The van der Waals surface area contributed by atoms with Crippen molar-refractivity contribution in [2.45, 2.75) is 39.7 Å². The number of hydrogen-bond acceptors (Lipinski definition) is 9. The molecule has 0 radical (unpaired) electrons. The van der Waals surface area contributed by atoms with Gasteiger partial charge in [0, 0.05) is 42.5 Å². The van der Waals surface area contributed by atoms with Crippen molar-refractivity contribution in [2.75, 3.05) is 30.6 Å². The van der Waals surface area contributed by atoms with Crippen molar-refractivity contribution in [3.8, 4) is 34.2 Å². The Labute approximate surface area is 275 Å². The third kappa shape index (κ3) is 9.83. The summed E-state index contributed by atoms with van der Waals surface area (Å²) < 4.78 is 30.4. The minimum Gasteiger partial charge on any atom is -0.467 e. The van der Waals surface area contributed by atoms with Crippen LogP contribution in [0, 0.1) is 17.1 Å². The van der Waals surface area contributed by atoms with Crippen LogP contribution in [0.1, 0.15) is 49.4 Å². The van der Waals surface area contributed by atoms with Crippen LogP contribution in [0.3, 0.4) is 0 Å². The molecule has 47 heavy (non-hydrogen) atoms. The van der Waals surface area contributed by atoms with Crippen LogP contribution in [0.5, 0.6) is 5.75 Å². The highest BCUT2D eigenvalue weighted by Gasteiger charge is 2.21. The number of nitrogens with zero attached hydrogens (tertiary/aromatic N) is 2. The number of amides is 3. The Balaban J connectivity index is 1.69. The zero-order valence-electron chi connectivity index (χ0n) is 26.3. The van der Waals surface area contributed by atoms with Gasteiger partial charge in [0.15, 0.2) is 12.6 Å². The number of pyridine rings is 1. The first-order valence-corrected chi connectivity index (χ1v) is 15.5. The standard InChI is InChI=1S/C34H34FN5O6S/c1-5-44-20-45-28-17-22(35)11-12-24(28)27-18-25(26(19-36)31(39-27)40-32(42)29-10-7-15-47-29)21-8-6-9-23(16-21)38-30(41)13-14-37-33(43)46-34(2,3)4/h6-12,15-18H,5,13-14,20H2,1-4H3,(H,37,43)(H,38,41)(H,39,40,42). The molecule has 0 aliphatic carbocycles. The number of halogens is 1. The number of anilines is 2. The summed E-state index contributed by atoms with van der Waals surface area (Å²) in [6.07, 6.45) is -0.639. The fourth-order valence-corrected chi connectivity index (χ4v) is 4.91. The van der Waals surface area contributed by atoms with E-state index in [9.17, 15) is 24.0 Å². The Morgan fingerprint density at radius 3 is 2.53 bits per heavy atom. The molecule has 2 aromatic heterocycles. The van der Waals surface area contributed by atoms with E-state index >= 15 is 0 Å². The Kier molecular flexibility index (Phi) is 11.6. The molecule has 13 heteroatoms. The Bertz CT molecular complexity index is 1780. The molecular weight excluding hydrogens is 625 g/mol. The van der Waals surface area contributed by atoms with Gasteiger partial charge in [0.2, 0.25) is 5.91 Å². The van der Waals surface area contributed by atoms with Crippen molar-refractivity contribution >= 4 is 40.7 Å².